The first-order valence-corrected chi connectivity index (χ1v) is 7.30. The summed E-state index contributed by atoms with van der Waals surface area (Å²) in [7, 11) is 1.62. The second-order valence-corrected chi connectivity index (χ2v) is 4.70. The van der Waals surface area contributed by atoms with E-state index in [9.17, 15) is 4.79 Å². The summed E-state index contributed by atoms with van der Waals surface area (Å²) >= 11 is 0. The maximum atomic E-state index is 12.0. The Labute approximate surface area is 129 Å². The van der Waals surface area contributed by atoms with Gasteiger partial charge < -0.3 is 14.8 Å². The molecule has 0 saturated carbocycles. The highest BCUT2D eigenvalue weighted by molar-refractivity contribution is 5.93. The third kappa shape index (κ3) is 4.33. The third-order valence-corrected chi connectivity index (χ3v) is 3.16. The van der Waals surface area contributed by atoms with Crippen molar-refractivity contribution in [3.63, 3.8) is 0 Å². The van der Waals surface area contributed by atoms with Crippen LogP contribution in [0.3, 0.4) is 0 Å². The van der Waals surface area contributed by atoms with E-state index in [2.05, 4.69) is 15.5 Å². The summed E-state index contributed by atoms with van der Waals surface area (Å²) in [6, 6.07) is 9.26. The van der Waals surface area contributed by atoms with Crippen LogP contribution in [0, 0.1) is 0 Å². The Kier molecular flexibility index (Phi) is 5.97. The molecule has 0 saturated heterocycles. The van der Waals surface area contributed by atoms with Gasteiger partial charge in [0.25, 0.3) is 5.91 Å². The predicted octanol–water partition coefficient (Wildman–Crippen LogP) is 2.24. The molecule has 0 fully saturated rings. The summed E-state index contributed by atoms with van der Waals surface area (Å²) < 4.78 is 10.3. The number of nitrogens with one attached hydrogen (secondary N) is 2. The van der Waals surface area contributed by atoms with Crippen LogP contribution in [0.15, 0.2) is 30.3 Å². The van der Waals surface area contributed by atoms with Gasteiger partial charge in [-0.1, -0.05) is 0 Å². The zero-order valence-electron chi connectivity index (χ0n) is 12.9. The molecule has 0 atom stereocenters. The fraction of sp³-hybridized carbons (Fsp3) is 0.375. The number of hydrogen-bond donors (Lipinski definition) is 2. The minimum atomic E-state index is -0.163. The van der Waals surface area contributed by atoms with Crippen LogP contribution in [0.2, 0.25) is 0 Å². The highest BCUT2D eigenvalue weighted by Gasteiger charge is 2.10. The first-order chi connectivity index (χ1) is 10.7. The minimum absolute atomic E-state index is 0.163. The van der Waals surface area contributed by atoms with Crippen molar-refractivity contribution >= 4 is 5.91 Å². The summed E-state index contributed by atoms with van der Waals surface area (Å²) in [4.78, 5) is 12.0. The van der Waals surface area contributed by atoms with E-state index in [1.54, 1.807) is 13.2 Å². The molecule has 118 valence electrons. The topological polar surface area (TPSA) is 76.2 Å². The van der Waals surface area contributed by atoms with Crippen molar-refractivity contribution in [2.45, 2.75) is 13.3 Å². The summed E-state index contributed by atoms with van der Waals surface area (Å²) in [5.74, 6) is 0.621. The zero-order chi connectivity index (χ0) is 15.8. The molecule has 0 aliphatic carbocycles. The Morgan fingerprint density at radius 1 is 1.32 bits per heavy atom. The molecule has 0 spiro atoms. The van der Waals surface area contributed by atoms with Gasteiger partial charge in [-0.3, -0.25) is 9.89 Å². The lowest BCUT2D eigenvalue weighted by atomic mass is 10.1. The lowest BCUT2D eigenvalue weighted by molar-refractivity contribution is 0.0939. The van der Waals surface area contributed by atoms with E-state index >= 15 is 0 Å². The molecule has 0 radical (unpaired) electrons. The minimum Gasteiger partial charge on any atom is -0.497 e. The van der Waals surface area contributed by atoms with Crippen LogP contribution in [0.25, 0.3) is 11.3 Å². The highest BCUT2D eigenvalue weighted by atomic mass is 16.5. The van der Waals surface area contributed by atoms with Crippen molar-refractivity contribution in [3.8, 4) is 17.0 Å². The number of aromatic nitrogens is 2. The van der Waals surface area contributed by atoms with Crippen molar-refractivity contribution in [2.75, 3.05) is 26.9 Å². The number of amides is 1. The van der Waals surface area contributed by atoms with Crippen LogP contribution < -0.4 is 10.1 Å². The molecule has 1 aromatic carbocycles. The van der Waals surface area contributed by atoms with Crippen molar-refractivity contribution in [1.29, 1.82) is 0 Å². The number of methoxy groups -OCH3 is 1. The van der Waals surface area contributed by atoms with Gasteiger partial charge in [0.2, 0.25) is 0 Å². The molecule has 22 heavy (non-hydrogen) atoms. The van der Waals surface area contributed by atoms with Gasteiger partial charge in [0.1, 0.15) is 11.4 Å². The SMILES string of the molecule is CCOCCCNC(=O)c1cc(-c2ccc(OC)cc2)n[nH]1. The molecule has 2 N–H and O–H groups in total. The summed E-state index contributed by atoms with van der Waals surface area (Å²) in [5.41, 5.74) is 2.09. The first kappa shape index (κ1) is 16.0. The molecule has 2 rings (SSSR count). The van der Waals surface area contributed by atoms with E-state index in [1.807, 2.05) is 31.2 Å². The predicted molar refractivity (Wildman–Crippen MR) is 84.0 cm³/mol. The Morgan fingerprint density at radius 3 is 2.77 bits per heavy atom. The van der Waals surface area contributed by atoms with Gasteiger partial charge in [0.05, 0.1) is 12.8 Å². The molecule has 2 aromatic rings. The van der Waals surface area contributed by atoms with Gasteiger partial charge in [-0.05, 0) is 43.7 Å². The zero-order valence-corrected chi connectivity index (χ0v) is 12.9. The number of ether oxygens (including phenoxy) is 2. The maximum Gasteiger partial charge on any atom is 0.269 e. The second-order valence-electron chi connectivity index (χ2n) is 4.70. The molecule has 1 aromatic heterocycles. The quantitative estimate of drug-likeness (QED) is 0.733. The van der Waals surface area contributed by atoms with Crippen molar-refractivity contribution < 1.29 is 14.3 Å². The van der Waals surface area contributed by atoms with E-state index in [0.29, 0.717) is 25.5 Å². The normalized spacial score (nSPS) is 10.5. The van der Waals surface area contributed by atoms with E-state index in [-0.39, 0.29) is 5.91 Å². The number of benzene rings is 1. The van der Waals surface area contributed by atoms with Gasteiger partial charge in [-0.25, -0.2) is 0 Å². The van der Waals surface area contributed by atoms with Gasteiger partial charge in [0, 0.05) is 25.3 Å². The van der Waals surface area contributed by atoms with Crippen molar-refractivity contribution in [1.82, 2.24) is 15.5 Å². The van der Waals surface area contributed by atoms with Crippen LogP contribution in [0.5, 0.6) is 5.75 Å². The fourth-order valence-corrected chi connectivity index (χ4v) is 1.96. The number of rotatable bonds is 8. The Hall–Kier alpha value is -2.34. The summed E-state index contributed by atoms with van der Waals surface area (Å²) in [6.45, 7) is 3.87. The molecule has 0 aliphatic heterocycles. The van der Waals surface area contributed by atoms with Gasteiger partial charge in [-0.2, -0.15) is 5.10 Å². The Bertz CT molecular complexity index is 593. The average molecular weight is 303 g/mol. The van der Waals surface area contributed by atoms with E-state index < -0.39 is 0 Å². The number of aromatic amines is 1. The molecular formula is C16H21N3O3. The smallest absolute Gasteiger partial charge is 0.269 e. The van der Waals surface area contributed by atoms with E-state index in [4.69, 9.17) is 9.47 Å². The third-order valence-electron chi connectivity index (χ3n) is 3.16. The molecular weight excluding hydrogens is 282 g/mol. The van der Waals surface area contributed by atoms with Crippen LogP contribution >= 0.6 is 0 Å². The maximum absolute atomic E-state index is 12.0. The first-order valence-electron chi connectivity index (χ1n) is 7.30. The lowest BCUT2D eigenvalue weighted by Crippen LogP contribution is -2.25. The van der Waals surface area contributed by atoms with Gasteiger partial charge >= 0.3 is 0 Å². The fourth-order valence-electron chi connectivity index (χ4n) is 1.96. The van der Waals surface area contributed by atoms with Crippen LogP contribution in [-0.2, 0) is 4.74 Å². The summed E-state index contributed by atoms with van der Waals surface area (Å²) in [6.07, 6.45) is 0.791. The standard InChI is InChI=1S/C16H21N3O3/c1-3-22-10-4-9-17-16(20)15-11-14(18-19-15)12-5-7-13(21-2)8-6-12/h5-8,11H,3-4,9-10H2,1-2H3,(H,17,20)(H,18,19). The molecule has 6 heteroatoms. The second kappa shape index (κ2) is 8.19. The Morgan fingerprint density at radius 2 is 2.09 bits per heavy atom. The van der Waals surface area contributed by atoms with Crippen molar-refractivity contribution in [2.24, 2.45) is 0 Å². The van der Waals surface area contributed by atoms with E-state index in [0.717, 1.165) is 23.4 Å². The number of carbonyl (C=O) groups excluding carboxylic acids is 1. The summed E-state index contributed by atoms with van der Waals surface area (Å²) in [5, 5.41) is 9.76. The highest BCUT2D eigenvalue weighted by Crippen LogP contribution is 2.20. The van der Waals surface area contributed by atoms with Gasteiger partial charge in [-0.15, -0.1) is 0 Å². The molecule has 0 aliphatic rings. The van der Waals surface area contributed by atoms with Gasteiger partial charge in [0.15, 0.2) is 0 Å². The lowest BCUT2D eigenvalue weighted by Gasteiger charge is -2.03. The largest absolute Gasteiger partial charge is 0.497 e. The number of carbonyl (C=O) groups is 1. The number of hydrogen-bond acceptors (Lipinski definition) is 4. The molecule has 0 unspecified atom stereocenters. The molecule has 6 nitrogen and oxygen atoms in total. The number of nitrogens with zero attached hydrogens (tertiary/aromatic N) is 1. The van der Waals surface area contributed by atoms with Crippen LogP contribution in [0.4, 0.5) is 0 Å². The monoisotopic (exact) mass is 303 g/mol. The number of H-pyrrole nitrogens is 1. The molecule has 0 bridgehead atoms. The average Bonchev–Trinajstić information content (AvgIpc) is 3.04. The van der Waals surface area contributed by atoms with E-state index in [1.165, 1.54) is 0 Å². The van der Waals surface area contributed by atoms with Crippen LogP contribution in [0.1, 0.15) is 23.8 Å². The van der Waals surface area contributed by atoms with Crippen molar-refractivity contribution in [3.05, 3.63) is 36.0 Å². The van der Waals surface area contributed by atoms with Crippen LogP contribution in [-0.4, -0.2) is 43.0 Å². The Balaban J connectivity index is 1.91. The molecule has 1 amide bonds. The molecule has 1 heterocycles.